The molecule has 0 aliphatic carbocycles. The minimum atomic E-state index is 0.385. The second-order valence-electron chi connectivity index (χ2n) is 3.96. The summed E-state index contributed by atoms with van der Waals surface area (Å²) in [7, 11) is 0. The Morgan fingerprint density at radius 2 is 1.95 bits per heavy atom. The first-order valence-corrected chi connectivity index (χ1v) is 6.24. The lowest BCUT2D eigenvalue weighted by molar-refractivity contribution is 1.04. The molecule has 0 amide bonds. The van der Waals surface area contributed by atoms with Gasteiger partial charge in [0.05, 0.1) is 11.3 Å². The Balaban J connectivity index is 2.47. The Morgan fingerprint density at radius 1 is 1.21 bits per heavy atom. The van der Waals surface area contributed by atoms with Crippen molar-refractivity contribution in [2.45, 2.75) is 13.8 Å². The quantitative estimate of drug-likeness (QED) is 0.850. The third kappa shape index (κ3) is 2.95. The van der Waals surface area contributed by atoms with Crippen molar-refractivity contribution < 1.29 is 0 Å². The lowest BCUT2D eigenvalue weighted by Gasteiger charge is -2.11. The molecular formula is C13H10Cl2N4. The summed E-state index contributed by atoms with van der Waals surface area (Å²) in [5.41, 5.74) is 1.79. The van der Waals surface area contributed by atoms with Gasteiger partial charge in [-0.25, -0.2) is 9.97 Å². The lowest BCUT2D eigenvalue weighted by Crippen LogP contribution is -2.02. The first kappa shape index (κ1) is 13.6. The van der Waals surface area contributed by atoms with Crippen molar-refractivity contribution in [3.05, 3.63) is 45.3 Å². The summed E-state index contributed by atoms with van der Waals surface area (Å²) in [6.07, 6.45) is 0. The lowest BCUT2D eigenvalue weighted by atomic mass is 10.2. The third-order valence-electron chi connectivity index (χ3n) is 2.55. The fourth-order valence-electron chi connectivity index (χ4n) is 1.56. The molecular weight excluding hydrogens is 283 g/mol. The zero-order valence-corrected chi connectivity index (χ0v) is 11.8. The smallest absolute Gasteiger partial charge is 0.138 e. The number of nitrogens with one attached hydrogen (secondary N) is 1. The molecule has 0 aliphatic rings. The van der Waals surface area contributed by atoms with Gasteiger partial charge in [-0.15, -0.1) is 0 Å². The molecule has 6 heteroatoms. The molecule has 0 radical (unpaired) electrons. The average molecular weight is 293 g/mol. The number of halogens is 2. The molecule has 96 valence electrons. The van der Waals surface area contributed by atoms with E-state index in [-0.39, 0.29) is 0 Å². The fourth-order valence-corrected chi connectivity index (χ4v) is 1.94. The van der Waals surface area contributed by atoms with Gasteiger partial charge in [-0.2, -0.15) is 5.26 Å². The monoisotopic (exact) mass is 292 g/mol. The fraction of sp³-hybridized carbons (Fsp3) is 0.154. The molecule has 1 aromatic heterocycles. The number of anilines is 2. The molecule has 0 atom stereocenters. The van der Waals surface area contributed by atoms with E-state index in [1.165, 1.54) is 0 Å². The van der Waals surface area contributed by atoms with Crippen molar-refractivity contribution in [3.63, 3.8) is 0 Å². The number of rotatable bonds is 2. The van der Waals surface area contributed by atoms with Gasteiger partial charge in [0.25, 0.3) is 0 Å². The Kier molecular flexibility index (Phi) is 3.89. The van der Waals surface area contributed by atoms with Gasteiger partial charge in [-0.3, -0.25) is 0 Å². The summed E-state index contributed by atoms with van der Waals surface area (Å²) >= 11 is 11.9. The maximum atomic E-state index is 9.07. The highest BCUT2D eigenvalue weighted by atomic mass is 35.5. The van der Waals surface area contributed by atoms with Gasteiger partial charge in [0.1, 0.15) is 22.9 Å². The predicted octanol–water partition coefficient (Wildman–Crippen LogP) is 4.02. The molecule has 0 unspecified atom stereocenters. The second-order valence-corrected chi connectivity index (χ2v) is 4.76. The summed E-state index contributed by atoms with van der Waals surface area (Å²) in [6.45, 7) is 3.56. The minimum Gasteiger partial charge on any atom is -0.339 e. The van der Waals surface area contributed by atoms with Gasteiger partial charge >= 0.3 is 0 Å². The number of hydrogen-bond donors (Lipinski definition) is 1. The van der Waals surface area contributed by atoms with Crippen molar-refractivity contribution in [1.82, 2.24) is 9.97 Å². The van der Waals surface area contributed by atoms with Crippen LogP contribution in [0.4, 0.5) is 11.5 Å². The van der Waals surface area contributed by atoms with Gasteiger partial charge in [-0.1, -0.05) is 23.2 Å². The third-order valence-corrected chi connectivity index (χ3v) is 3.16. The van der Waals surface area contributed by atoms with Gasteiger partial charge in [0, 0.05) is 10.6 Å². The number of hydrogen-bond acceptors (Lipinski definition) is 4. The predicted molar refractivity (Wildman–Crippen MR) is 76.0 cm³/mol. The minimum absolute atomic E-state index is 0.385. The molecule has 4 nitrogen and oxygen atoms in total. The maximum Gasteiger partial charge on any atom is 0.138 e. The summed E-state index contributed by atoms with van der Waals surface area (Å²) in [5, 5.41) is 13.1. The topological polar surface area (TPSA) is 61.6 Å². The van der Waals surface area contributed by atoms with Crippen molar-refractivity contribution in [2.24, 2.45) is 0 Å². The van der Waals surface area contributed by atoms with E-state index in [4.69, 9.17) is 28.5 Å². The van der Waals surface area contributed by atoms with Crippen LogP contribution >= 0.6 is 23.2 Å². The molecule has 0 fully saturated rings. The highest BCUT2D eigenvalue weighted by molar-refractivity contribution is 6.31. The van der Waals surface area contributed by atoms with E-state index in [0.29, 0.717) is 33.1 Å². The number of nitriles is 1. The highest BCUT2D eigenvalue weighted by Gasteiger charge is 2.10. The van der Waals surface area contributed by atoms with Crippen LogP contribution in [0.25, 0.3) is 0 Å². The van der Waals surface area contributed by atoms with E-state index in [1.807, 2.05) is 0 Å². The molecule has 2 aromatic rings. The molecule has 1 N–H and O–H groups in total. The molecule has 0 bridgehead atoms. The largest absolute Gasteiger partial charge is 0.339 e. The first-order chi connectivity index (χ1) is 9.01. The van der Waals surface area contributed by atoms with Crippen LogP contribution in [-0.2, 0) is 0 Å². The molecule has 19 heavy (non-hydrogen) atoms. The van der Waals surface area contributed by atoms with E-state index in [0.717, 1.165) is 5.56 Å². The highest BCUT2D eigenvalue weighted by Crippen LogP contribution is 2.27. The van der Waals surface area contributed by atoms with Crippen LogP contribution < -0.4 is 5.32 Å². The molecule has 0 spiro atoms. The van der Waals surface area contributed by atoms with E-state index in [2.05, 4.69) is 21.4 Å². The first-order valence-electron chi connectivity index (χ1n) is 5.48. The SMILES string of the molecule is Cc1nc(Cl)c(C)c(Nc2cc(Cl)ccc2C#N)n1. The molecule has 2 rings (SSSR count). The second kappa shape index (κ2) is 5.43. The standard InChI is InChI=1S/C13H10Cl2N4/c1-7-12(15)17-8(2)18-13(7)19-11-5-10(14)4-3-9(11)6-16/h3-5H,1-2H3,(H,17,18,19). The van der Waals surface area contributed by atoms with Crippen molar-refractivity contribution >= 4 is 34.7 Å². The van der Waals surface area contributed by atoms with Gasteiger partial charge in [0.15, 0.2) is 0 Å². The molecule has 1 heterocycles. The van der Waals surface area contributed by atoms with Crippen molar-refractivity contribution in [3.8, 4) is 6.07 Å². The maximum absolute atomic E-state index is 9.07. The molecule has 1 aromatic carbocycles. The summed E-state index contributed by atoms with van der Waals surface area (Å²) in [6, 6.07) is 7.08. The Bertz CT molecular complexity index is 677. The van der Waals surface area contributed by atoms with Gasteiger partial charge in [-0.05, 0) is 32.0 Å². The van der Waals surface area contributed by atoms with Gasteiger partial charge in [0.2, 0.25) is 0 Å². The van der Waals surface area contributed by atoms with Crippen molar-refractivity contribution in [2.75, 3.05) is 5.32 Å². The van der Waals surface area contributed by atoms with Crippen molar-refractivity contribution in [1.29, 1.82) is 5.26 Å². The van der Waals surface area contributed by atoms with E-state index in [1.54, 1.807) is 32.0 Å². The van der Waals surface area contributed by atoms with E-state index >= 15 is 0 Å². The number of aryl methyl sites for hydroxylation is 1. The number of aromatic nitrogens is 2. The number of benzene rings is 1. The van der Waals surface area contributed by atoms with Crippen LogP contribution in [-0.4, -0.2) is 9.97 Å². The van der Waals surface area contributed by atoms with Crippen LogP contribution in [0.15, 0.2) is 18.2 Å². The van der Waals surface area contributed by atoms with Crippen LogP contribution in [0.2, 0.25) is 10.2 Å². The van der Waals surface area contributed by atoms with E-state index < -0.39 is 0 Å². The molecule has 0 saturated carbocycles. The van der Waals surface area contributed by atoms with E-state index in [9.17, 15) is 0 Å². The summed E-state index contributed by atoms with van der Waals surface area (Å²) in [5.74, 6) is 1.12. The Labute approximate surface area is 121 Å². The Morgan fingerprint density at radius 3 is 2.63 bits per heavy atom. The van der Waals surface area contributed by atoms with Crippen LogP contribution in [0.3, 0.4) is 0 Å². The Hall–Kier alpha value is -1.83. The van der Waals surface area contributed by atoms with Gasteiger partial charge < -0.3 is 5.32 Å². The van der Waals surface area contributed by atoms with Crippen LogP contribution in [0, 0.1) is 25.2 Å². The average Bonchev–Trinajstić information content (AvgIpc) is 2.35. The summed E-state index contributed by atoms with van der Waals surface area (Å²) < 4.78 is 0. The van der Waals surface area contributed by atoms with Crippen LogP contribution in [0.1, 0.15) is 17.0 Å². The number of nitrogens with zero attached hydrogens (tertiary/aromatic N) is 3. The normalized spacial score (nSPS) is 10.1. The molecule has 0 saturated heterocycles. The molecule has 0 aliphatic heterocycles. The van der Waals surface area contributed by atoms with Crippen LogP contribution in [0.5, 0.6) is 0 Å². The summed E-state index contributed by atoms with van der Waals surface area (Å²) in [4.78, 5) is 8.33. The zero-order valence-electron chi connectivity index (χ0n) is 10.3. The zero-order chi connectivity index (χ0) is 14.0.